The lowest BCUT2D eigenvalue weighted by Gasteiger charge is -2.40. The van der Waals surface area contributed by atoms with Crippen molar-refractivity contribution in [1.29, 1.82) is 0 Å². The van der Waals surface area contributed by atoms with Crippen LogP contribution in [0.2, 0.25) is 0 Å². The number of carbonyl (C=O) groups is 1. The molecule has 5 unspecified atom stereocenters. The van der Waals surface area contributed by atoms with Gasteiger partial charge in [-0.25, -0.2) is 17.6 Å². The lowest BCUT2D eigenvalue weighted by Crippen LogP contribution is -2.44. The monoisotopic (exact) mass is 410 g/mol. The predicted molar refractivity (Wildman–Crippen MR) is 98.8 cm³/mol. The summed E-state index contributed by atoms with van der Waals surface area (Å²) in [5.41, 5.74) is 0. The van der Waals surface area contributed by atoms with Gasteiger partial charge < -0.3 is 9.84 Å². The van der Waals surface area contributed by atoms with E-state index in [1.165, 1.54) is 0 Å². The van der Waals surface area contributed by atoms with Crippen molar-refractivity contribution in [3.8, 4) is 0 Å². The average molecular weight is 410 g/mol. The molecule has 0 aromatic carbocycles. The Balaban J connectivity index is 0.00000136. The fourth-order valence-electron chi connectivity index (χ4n) is 5.01. The summed E-state index contributed by atoms with van der Waals surface area (Å²) in [5, 5.41) is 7.00. The summed E-state index contributed by atoms with van der Waals surface area (Å²) in [4.78, 5) is 12.3. The SMILES string of the molecule is CC1CCC(C(=O)OC2CCC(C3CC(F)C(F)C(F)C3)C(F)C2)CC1.CO. The van der Waals surface area contributed by atoms with Gasteiger partial charge in [0.15, 0.2) is 6.17 Å². The van der Waals surface area contributed by atoms with E-state index in [1.54, 1.807) is 0 Å². The Hall–Kier alpha value is -0.850. The minimum Gasteiger partial charge on any atom is -0.462 e. The van der Waals surface area contributed by atoms with Crippen molar-refractivity contribution in [3.63, 3.8) is 0 Å². The largest absolute Gasteiger partial charge is 0.462 e. The molecule has 0 aliphatic heterocycles. The van der Waals surface area contributed by atoms with Crippen LogP contribution < -0.4 is 0 Å². The number of ether oxygens (including phenoxy) is 1. The van der Waals surface area contributed by atoms with Crippen molar-refractivity contribution >= 4 is 5.97 Å². The number of esters is 1. The van der Waals surface area contributed by atoms with Crippen molar-refractivity contribution in [2.24, 2.45) is 23.7 Å². The molecule has 7 heteroatoms. The summed E-state index contributed by atoms with van der Waals surface area (Å²) in [6.07, 6.45) is -2.98. The predicted octanol–water partition coefficient (Wildman–Crippen LogP) is 4.90. The minimum atomic E-state index is -2.08. The number of halogens is 4. The number of alkyl halides is 4. The highest BCUT2D eigenvalue weighted by Gasteiger charge is 2.45. The molecule has 3 nitrogen and oxygen atoms in total. The van der Waals surface area contributed by atoms with Gasteiger partial charge in [-0.15, -0.1) is 0 Å². The van der Waals surface area contributed by atoms with E-state index in [0.29, 0.717) is 18.8 Å². The summed E-state index contributed by atoms with van der Waals surface area (Å²) in [5.74, 6) is -0.606. The molecule has 0 amide bonds. The summed E-state index contributed by atoms with van der Waals surface area (Å²) >= 11 is 0. The number of rotatable bonds is 3. The molecule has 28 heavy (non-hydrogen) atoms. The Morgan fingerprint density at radius 1 is 0.821 bits per heavy atom. The van der Waals surface area contributed by atoms with Gasteiger partial charge in [0.25, 0.3) is 0 Å². The van der Waals surface area contributed by atoms with Gasteiger partial charge in [0, 0.05) is 13.5 Å². The molecule has 0 bridgehead atoms. The Kier molecular flexibility index (Phi) is 9.03. The Morgan fingerprint density at radius 2 is 1.39 bits per heavy atom. The summed E-state index contributed by atoms with van der Waals surface area (Å²) in [7, 11) is 1.00. The van der Waals surface area contributed by atoms with Gasteiger partial charge in [-0.2, -0.15) is 0 Å². The van der Waals surface area contributed by atoms with Crippen molar-refractivity contribution in [3.05, 3.63) is 0 Å². The summed E-state index contributed by atoms with van der Waals surface area (Å²) < 4.78 is 60.8. The van der Waals surface area contributed by atoms with Crippen LogP contribution in [0.4, 0.5) is 17.6 Å². The standard InChI is InChI=1S/C20H30F4O2.CH4O/c1-11-2-4-12(5-3-11)20(25)26-14-6-7-15(16(21)10-14)13-8-17(22)19(24)18(23)9-13;1-2/h11-19H,2-10H2,1H3;2H,1H3. The number of hydrogen-bond acceptors (Lipinski definition) is 3. The molecule has 1 N–H and O–H groups in total. The number of carbonyl (C=O) groups excluding carboxylic acids is 1. The van der Waals surface area contributed by atoms with Crippen LogP contribution in [-0.2, 0) is 9.53 Å². The topological polar surface area (TPSA) is 46.5 Å². The van der Waals surface area contributed by atoms with Crippen LogP contribution in [0.15, 0.2) is 0 Å². The van der Waals surface area contributed by atoms with Crippen molar-refractivity contribution in [1.82, 2.24) is 0 Å². The van der Waals surface area contributed by atoms with E-state index in [1.807, 2.05) is 0 Å². The molecule has 3 rings (SSSR count). The maximum atomic E-state index is 14.6. The fourth-order valence-corrected chi connectivity index (χ4v) is 5.01. The molecule has 0 radical (unpaired) electrons. The molecule has 164 valence electrons. The maximum absolute atomic E-state index is 14.6. The van der Waals surface area contributed by atoms with Crippen LogP contribution in [0.3, 0.4) is 0 Å². The highest BCUT2D eigenvalue weighted by atomic mass is 19.2. The molecule has 3 fully saturated rings. The van der Waals surface area contributed by atoms with E-state index < -0.39 is 42.6 Å². The van der Waals surface area contributed by atoms with Gasteiger partial charge in [0.1, 0.15) is 24.6 Å². The highest BCUT2D eigenvalue weighted by Crippen LogP contribution is 2.43. The highest BCUT2D eigenvalue weighted by molar-refractivity contribution is 5.72. The van der Waals surface area contributed by atoms with E-state index in [9.17, 15) is 22.4 Å². The van der Waals surface area contributed by atoms with Crippen molar-refractivity contribution in [2.75, 3.05) is 7.11 Å². The molecular formula is C21H34F4O3. The second-order valence-corrected chi connectivity index (χ2v) is 8.72. The van der Waals surface area contributed by atoms with Crippen LogP contribution in [0, 0.1) is 23.7 Å². The van der Waals surface area contributed by atoms with E-state index >= 15 is 0 Å². The lowest BCUT2D eigenvalue weighted by molar-refractivity contribution is -0.159. The second-order valence-electron chi connectivity index (χ2n) is 8.72. The lowest BCUT2D eigenvalue weighted by atomic mass is 9.70. The third kappa shape index (κ3) is 5.83. The number of hydrogen-bond donors (Lipinski definition) is 1. The van der Waals surface area contributed by atoms with Gasteiger partial charge >= 0.3 is 5.97 Å². The van der Waals surface area contributed by atoms with Gasteiger partial charge in [-0.3, -0.25) is 4.79 Å². The zero-order valence-electron chi connectivity index (χ0n) is 16.8. The van der Waals surface area contributed by atoms with Gasteiger partial charge in [-0.05, 0) is 69.1 Å². The van der Waals surface area contributed by atoms with Crippen LogP contribution in [0.1, 0.15) is 64.7 Å². The first-order valence-corrected chi connectivity index (χ1v) is 10.6. The fraction of sp³-hybridized carbons (Fsp3) is 0.952. The van der Waals surface area contributed by atoms with Crippen molar-refractivity contribution in [2.45, 2.75) is 95.5 Å². The summed E-state index contributed by atoms with van der Waals surface area (Å²) in [6, 6.07) is 0. The van der Waals surface area contributed by atoms with Gasteiger partial charge in [0.2, 0.25) is 0 Å². The number of aliphatic hydroxyl groups is 1. The third-order valence-electron chi connectivity index (χ3n) is 6.76. The second kappa shape index (κ2) is 10.8. The van der Waals surface area contributed by atoms with Crippen molar-refractivity contribution < 1.29 is 32.2 Å². The summed E-state index contributed by atoms with van der Waals surface area (Å²) in [6.45, 7) is 2.18. The first-order chi connectivity index (χ1) is 13.3. The molecule has 3 aliphatic carbocycles. The number of aliphatic hydroxyl groups excluding tert-OH is 1. The minimum absolute atomic E-state index is 0.0820. The quantitative estimate of drug-likeness (QED) is 0.532. The molecule has 3 aliphatic rings. The molecule has 0 spiro atoms. The Bertz CT molecular complexity index is 472. The van der Waals surface area contributed by atoms with Crippen LogP contribution in [-0.4, -0.2) is 49.0 Å². The van der Waals surface area contributed by atoms with E-state index in [4.69, 9.17) is 9.84 Å². The van der Waals surface area contributed by atoms with Gasteiger partial charge in [0.05, 0.1) is 5.92 Å². The first kappa shape index (κ1) is 23.4. The molecule has 0 saturated heterocycles. The van der Waals surface area contributed by atoms with E-state index in [2.05, 4.69) is 6.92 Å². The van der Waals surface area contributed by atoms with Crippen LogP contribution in [0.5, 0.6) is 0 Å². The van der Waals surface area contributed by atoms with Crippen LogP contribution in [0.25, 0.3) is 0 Å². The molecule has 5 atom stereocenters. The zero-order valence-corrected chi connectivity index (χ0v) is 16.8. The normalized spacial score (nSPS) is 44.2. The van der Waals surface area contributed by atoms with E-state index in [0.717, 1.165) is 32.8 Å². The van der Waals surface area contributed by atoms with E-state index in [-0.39, 0.29) is 31.1 Å². The molecule has 0 heterocycles. The van der Waals surface area contributed by atoms with Crippen LogP contribution >= 0.6 is 0 Å². The Morgan fingerprint density at radius 3 is 1.93 bits per heavy atom. The molecule has 0 aromatic heterocycles. The third-order valence-corrected chi connectivity index (χ3v) is 6.76. The average Bonchev–Trinajstić information content (AvgIpc) is 2.68. The zero-order chi connectivity index (χ0) is 20.8. The molecule has 0 aromatic rings. The smallest absolute Gasteiger partial charge is 0.309 e. The van der Waals surface area contributed by atoms with Gasteiger partial charge in [-0.1, -0.05) is 6.92 Å². The Labute approximate surface area is 165 Å². The molecule has 3 saturated carbocycles. The molecular weight excluding hydrogens is 376 g/mol. The maximum Gasteiger partial charge on any atom is 0.309 e. The first-order valence-electron chi connectivity index (χ1n) is 10.6.